The minimum atomic E-state index is -0.0169. The van der Waals surface area contributed by atoms with Gasteiger partial charge >= 0.3 is 0 Å². The van der Waals surface area contributed by atoms with Gasteiger partial charge < -0.3 is 4.74 Å². The van der Waals surface area contributed by atoms with Gasteiger partial charge in [-0.2, -0.15) is 0 Å². The average Bonchev–Trinajstić information content (AvgIpc) is 2.62. The summed E-state index contributed by atoms with van der Waals surface area (Å²) in [6.07, 6.45) is 13.0. The Bertz CT molecular complexity index is 763. The van der Waals surface area contributed by atoms with Crippen molar-refractivity contribution in [1.29, 1.82) is 0 Å². The van der Waals surface area contributed by atoms with Gasteiger partial charge in [0.1, 0.15) is 0 Å². The van der Waals surface area contributed by atoms with Crippen LogP contribution in [0.25, 0.3) is 16.8 Å². The number of ether oxygens (including phenoxy) is 1. The first-order chi connectivity index (χ1) is 11.3. The fraction of sp³-hybridized carbons (Fsp3) is 0.333. The third-order valence-corrected chi connectivity index (χ3v) is 6.52. The zero-order chi connectivity index (χ0) is 15.7. The molecule has 1 aliphatic carbocycles. The molecule has 1 aliphatic heterocycles. The van der Waals surface area contributed by atoms with E-state index in [-0.39, 0.29) is 5.22 Å². The summed E-state index contributed by atoms with van der Waals surface area (Å²) in [4.78, 5) is 0. The van der Waals surface area contributed by atoms with E-state index < -0.39 is 0 Å². The summed E-state index contributed by atoms with van der Waals surface area (Å²) in [6, 6.07) is 13.2. The largest absolute Gasteiger partial charge is 0.375 e. The molecule has 116 valence electrons. The maximum absolute atomic E-state index is 6.15. The molecule has 0 bridgehead atoms. The monoisotopic (exact) mass is 318 g/mol. The van der Waals surface area contributed by atoms with Gasteiger partial charge in [-0.05, 0) is 41.2 Å². The number of allylic oxidation sites excluding steroid dienone is 2. The fourth-order valence-electron chi connectivity index (χ4n) is 3.78. The third kappa shape index (κ3) is 2.71. The van der Waals surface area contributed by atoms with Crippen molar-refractivity contribution >= 4 is 26.4 Å². The van der Waals surface area contributed by atoms with Gasteiger partial charge in [-0.15, -0.1) is 0 Å². The van der Waals surface area contributed by atoms with Gasteiger partial charge in [0.15, 0.2) is 0 Å². The SMILES string of the molecule is C[Si]C1(C=CC2C=Cc3cccc4cccc2c34)CCCCO1. The molecule has 0 spiro atoms. The smallest absolute Gasteiger partial charge is 0.0844 e. The average molecular weight is 318 g/mol. The number of hydrogen-bond acceptors (Lipinski definition) is 1. The van der Waals surface area contributed by atoms with Gasteiger partial charge in [0, 0.05) is 12.5 Å². The Kier molecular flexibility index (Phi) is 3.96. The molecule has 0 aromatic heterocycles. The Labute approximate surface area is 140 Å². The molecule has 1 fully saturated rings. The Morgan fingerprint density at radius 1 is 1.17 bits per heavy atom. The highest BCUT2D eigenvalue weighted by molar-refractivity contribution is 6.38. The molecule has 0 saturated carbocycles. The van der Waals surface area contributed by atoms with E-state index in [0.717, 1.165) is 22.5 Å². The maximum atomic E-state index is 6.15. The summed E-state index contributed by atoms with van der Waals surface area (Å²) in [6.45, 7) is 3.17. The molecule has 0 amide bonds. The summed E-state index contributed by atoms with van der Waals surface area (Å²) in [5.41, 5.74) is 2.76. The van der Waals surface area contributed by atoms with E-state index in [1.165, 1.54) is 34.7 Å². The molecule has 1 heterocycles. The molecule has 1 nitrogen and oxygen atoms in total. The van der Waals surface area contributed by atoms with Crippen molar-refractivity contribution in [3.63, 3.8) is 0 Å². The number of hydrogen-bond donors (Lipinski definition) is 0. The van der Waals surface area contributed by atoms with Crippen LogP contribution in [0.15, 0.2) is 54.6 Å². The molecule has 2 aliphatic rings. The summed E-state index contributed by atoms with van der Waals surface area (Å²) >= 11 is 0. The zero-order valence-corrected chi connectivity index (χ0v) is 14.6. The number of rotatable bonds is 3. The quantitative estimate of drug-likeness (QED) is 0.561. The highest BCUT2D eigenvalue weighted by atomic mass is 28.2. The molecule has 23 heavy (non-hydrogen) atoms. The fourth-order valence-corrected chi connectivity index (χ4v) is 4.72. The highest BCUT2D eigenvalue weighted by Crippen LogP contribution is 2.36. The third-order valence-electron chi connectivity index (χ3n) is 5.11. The summed E-state index contributed by atoms with van der Waals surface area (Å²) < 4.78 is 6.15. The first-order valence-electron chi connectivity index (χ1n) is 8.53. The van der Waals surface area contributed by atoms with Gasteiger partial charge in [-0.3, -0.25) is 0 Å². The van der Waals surface area contributed by atoms with Crippen LogP contribution in [0.5, 0.6) is 0 Å². The maximum Gasteiger partial charge on any atom is 0.0844 e. The summed E-state index contributed by atoms with van der Waals surface area (Å²) in [5.74, 6) is 0.354. The Balaban J connectivity index is 1.70. The normalized spacial score (nSPS) is 26.9. The van der Waals surface area contributed by atoms with Crippen molar-refractivity contribution in [2.24, 2.45) is 0 Å². The molecule has 2 heteroatoms. The van der Waals surface area contributed by atoms with Gasteiger partial charge in [-0.25, -0.2) is 0 Å². The van der Waals surface area contributed by atoms with Crippen LogP contribution in [0, 0.1) is 0 Å². The van der Waals surface area contributed by atoms with Gasteiger partial charge in [-0.1, -0.05) is 67.2 Å². The van der Waals surface area contributed by atoms with Crippen LogP contribution >= 0.6 is 0 Å². The molecule has 4 rings (SSSR count). The highest BCUT2D eigenvalue weighted by Gasteiger charge is 2.29. The van der Waals surface area contributed by atoms with Crippen molar-refractivity contribution in [3.8, 4) is 0 Å². The lowest BCUT2D eigenvalue weighted by Gasteiger charge is -2.34. The molecule has 2 aromatic carbocycles. The van der Waals surface area contributed by atoms with Crippen molar-refractivity contribution < 1.29 is 4.74 Å². The Morgan fingerprint density at radius 2 is 2.04 bits per heavy atom. The molecule has 2 aromatic rings. The van der Waals surface area contributed by atoms with E-state index in [2.05, 4.69) is 67.2 Å². The standard InChI is InChI=1S/C21H22OSi/c1-23-21(13-2-3-15-22-21)14-12-16-10-11-18-7-4-6-17-8-5-9-19(16)20(17)18/h4-12,14,16H,2-3,13,15H2,1H3. The molecular weight excluding hydrogens is 296 g/mol. The van der Waals surface area contributed by atoms with Gasteiger partial charge in [0.25, 0.3) is 0 Å². The zero-order valence-electron chi connectivity index (χ0n) is 13.6. The second-order valence-electron chi connectivity index (χ2n) is 6.48. The van der Waals surface area contributed by atoms with Crippen molar-refractivity contribution in [2.75, 3.05) is 6.61 Å². The minimum Gasteiger partial charge on any atom is -0.375 e. The van der Waals surface area contributed by atoms with E-state index in [0.29, 0.717) is 5.92 Å². The van der Waals surface area contributed by atoms with Crippen LogP contribution in [0.2, 0.25) is 6.55 Å². The van der Waals surface area contributed by atoms with Crippen LogP contribution < -0.4 is 0 Å². The Hall–Kier alpha value is -1.64. The molecule has 0 N–H and O–H groups in total. The van der Waals surface area contributed by atoms with E-state index in [1.807, 2.05) is 0 Å². The van der Waals surface area contributed by atoms with Crippen LogP contribution in [-0.2, 0) is 4.74 Å². The summed E-state index contributed by atoms with van der Waals surface area (Å²) in [5, 5.41) is 2.73. The summed E-state index contributed by atoms with van der Waals surface area (Å²) in [7, 11) is 0.799. The first-order valence-corrected chi connectivity index (χ1v) is 10.0. The molecular formula is C21H22OSi. The van der Waals surface area contributed by atoms with Crippen LogP contribution in [0.1, 0.15) is 36.3 Å². The first kappa shape index (κ1) is 14.9. The molecule has 2 atom stereocenters. The van der Waals surface area contributed by atoms with Crippen molar-refractivity contribution in [1.82, 2.24) is 0 Å². The van der Waals surface area contributed by atoms with Crippen LogP contribution in [0.3, 0.4) is 0 Å². The minimum absolute atomic E-state index is 0.0169. The molecule has 2 unspecified atom stereocenters. The van der Waals surface area contributed by atoms with E-state index >= 15 is 0 Å². The van der Waals surface area contributed by atoms with Crippen LogP contribution in [-0.4, -0.2) is 21.4 Å². The van der Waals surface area contributed by atoms with Crippen molar-refractivity contribution in [3.05, 3.63) is 65.8 Å². The second-order valence-corrected chi connectivity index (χ2v) is 7.83. The molecule has 1 saturated heterocycles. The van der Waals surface area contributed by atoms with Gasteiger partial charge in [0.2, 0.25) is 0 Å². The van der Waals surface area contributed by atoms with Gasteiger partial charge in [0.05, 0.1) is 14.7 Å². The topological polar surface area (TPSA) is 9.23 Å². The lowest BCUT2D eigenvalue weighted by atomic mass is 9.85. The van der Waals surface area contributed by atoms with Crippen molar-refractivity contribution in [2.45, 2.75) is 37.0 Å². The number of benzene rings is 2. The predicted octanol–water partition coefficient (Wildman–Crippen LogP) is 5.16. The van der Waals surface area contributed by atoms with E-state index in [1.54, 1.807) is 0 Å². The lowest BCUT2D eigenvalue weighted by Crippen LogP contribution is -2.39. The van der Waals surface area contributed by atoms with E-state index in [9.17, 15) is 0 Å². The molecule has 2 radical (unpaired) electrons. The Morgan fingerprint density at radius 3 is 2.83 bits per heavy atom. The lowest BCUT2D eigenvalue weighted by molar-refractivity contribution is 0.0129. The van der Waals surface area contributed by atoms with Crippen LogP contribution in [0.4, 0.5) is 0 Å². The second kappa shape index (κ2) is 6.10. The van der Waals surface area contributed by atoms with E-state index in [4.69, 9.17) is 4.74 Å². The predicted molar refractivity (Wildman–Crippen MR) is 99.0 cm³/mol.